The normalized spacial score (nSPS) is 16.8. The molecule has 0 unspecified atom stereocenters. The largest absolute Gasteiger partial charge is 0.395 e. The number of piperazine rings is 1. The molecule has 1 aliphatic heterocycles. The molecule has 0 atom stereocenters. The van der Waals surface area contributed by atoms with Gasteiger partial charge in [0, 0.05) is 44.0 Å². The topological polar surface area (TPSA) is 69.8 Å². The van der Waals surface area contributed by atoms with Gasteiger partial charge in [0.05, 0.1) is 6.61 Å². The predicted octanol–water partition coefficient (Wildman–Crippen LogP) is -0.100. The number of benzene rings is 1. The van der Waals surface area contributed by atoms with Gasteiger partial charge in [-0.3, -0.25) is 9.69 Å². The number of hydrogen-bond donors (Lipinski definition) is 2. The number of β-amino-alcohol motifs (C(OH)–C–C–N with tert-alkyl or cyclic N) is 1. The number of rotatable bonds is 4. The third-order valence-corrected chi connectivity index (χ3v) is 3.28. The van der Waals surface area contributed by atoms with Crippen LogP contribution in [-0.2, 0) is 0 Å². The summed E-state index contributed by atoms with van der Waals surface area (Å²) >= 11 is 0. The zero-order valence-electron chi connectivity index (χ0n) is 10.4. The summed E-state index contributed by atoms with van der Waals surface area (Å²) in [6.45, 7) is 4.61. The molecule has 1 amide bonds. The molecule has 98 valence electrons. The summed E-state index contributed by atoms with van der Waals surface area (Å²) in [4.78, 5) is 15.6. The lowest BCUT2D eigenvalue weighted by molar-refractivity contribution is 0.100. The highest BCUT2D eigenvalue weighted by Gasteiger charge is 2.17. The molecule has 0 bridgehead atoms. The number of nitrogens with two attached hydrogens (primary N) is 1. The first-order valence-corrected chi connectivity index (χ1v) is 6.19. The Kier molecular flexibility index (Phi) is 4.17. The van der Waals surface area contributed by atoms with Crippen molar-refractivity contribution in [1.29, 1.82) is 0 Å². The van der Waals surface area contributed by atoms with Gasteiger partial charge in [-0.2, -0.15) is 0 Å². The minimum Gasteiger partial charge on any atom is -0.395 e. The van der Waals surface area contributed by atoms with E-state index in [0.29, 0.717) is 5.56 Å². The van der Waals surface area contributed by atoms with Crippen LogP contribution >= 0.6 is 0 Å². The van der Waals surface area contributed by atoms with Crippen molar-refractivity contribution in [3.8, 4) is 0 Å². The third-order valence-electron chi connectivity index (χ3n) is 3.28. The molecule has 5 nitrogen and oxygen atoms in total. The smallest absolute Gasteiger partial charge is 0.248 e. The van der Waals surface area contributed by atoms with Crippen LogP contribution in [0.5, 0.6) is 0 Å². The van der Waals surface area contributed by atoms with Crippen LogP contribution in [0.1, 0.15) is 10.4 Å². The quantitative estimate of drug-likeness (QED) is 0.782. The van der Waals surface area contributed by atoms with Crippen LogP contribution in [0.3, 0.4) is 0 Å². The number of carbonyl (C=O) groups is 1. The number of primary amides is 1. The van der Waals surface area contributed by atoms with Gasteiger partial charge in [-0.15, -0.1) is 0 Å². The van der Waals surface area contributed by atoms with Crippen molar-refractivity contribution < 1.29 is 9.90 Å². The molecular formula is C13H19N3O2. The summed E-state index contributed by atoms with van der Waals surface area (Å²) in [6, 6.07) is 7.42. The Morgan fingerprint density at radius 2 is 2.00 bits per heavy atom. The summed E-state index contributed by atoms with van der Waals surface area (Å²) < 4.78 is 0. The highest BCUT2D eigenvalue weighted by atomic mass is 16.3. The van der Waals surface area contributed by atoms with Crippen molar-refractivity contribution >= 4 is 11.6 Å². The fourth-order valence-corrected chi connectivity index (χ4v) is 2.23. The number of anilines is 1. The van der Waals surface area contributed by atoms with E-state index in [0.717, 1.165) is 38.4 Å². The van der Waals surface area contributed by atoms with Crippen molar-refractivity contribution in [1.82, 2.24) is 4.90 Å². The minimum absolute atomic E-state index is 0.206. The van der Waals surface area contributed by atoms with E-state index in [1.807, 2.05) is 18.2 Å². The zero-order chi connectivity index (χ0) is 13.0. The molecular weight excluding hydrogens is 230 g/mol. The van der Waals surface area contributed by atoms with Crippen LogP contribution < -0.4 is 10.6 Å². The van der Waals surface area contributed by atoms with Crippen molar-refractivity contribution in [2.24, 2.45) is 5.73 Å². The predicted molar refractivity (Wildman–Crippen MR) is 70.7 cm³/mol. The molecule has 0 spiro atoms. The highest BCUT2D eigenvalue weighted by molar-refractivity contribution is 5.93. The van der Waals surface area contributed by atoms with Gasteiger partial charge in [-0.25, -0.2) is 0 Å². The maximum atomic E-state index is 11.1. The third kappa shape index (κ3) is 3.00. The van der Waals surface area contributed by atoms with Gasteiger partial charge in [-0.05, 0) is 18.2 Å². The maximum Gasteiger partial charge on any atom is 0.248 e. The van der Waals surface area contributed by atoms with Gasteiger partial charge < -0.3 is 15.7 Å². The number of carbonyl (C=O) groups excluding carboxylic acids is 1. The monoisotopic (exact) mass is 249 g/mol. The number of aliphatic hydroxyl groups excluding tert-OH is 1. The van der Waals surface area contributed by atoms with Crippen molar-refractivity contribution in [3.05, 3.63) is 29.8 Å². The first-order valence-electron chi connectivity index (χ1n) is 6.19. The maximum absolute atomic E-state index is 11.1. The van der Waals surface area contributed by atoms with Crippen molar-refractivity contribution in [3.63, 3.8) is 0 Å². The molecule has 1 aliphatic rings. The molecule has 1 aromatic carbocycles. The molecule has 2 rings (SSSR count). The van der Waals surface area contributed by atoms with E-state index >= 15 is 0 Å². The molecule has 0 radical (unpaired) electrons. The zero-order valence-corrected chi connectivity index (χ0v) is 10.4. The number of nitrogens with zero attached hydrogens (tertiary/aromatic N) is 2. The molecule has 5 heteroatoms. The number of aliphatic hydroxyl groups is 1. The van der Waals surface area contributed by atoms with E-state index in [1.165, 1.54) is 0 Å². The molecule has 1 fully saturated rings. The molecule has 0 aromatic heterocycles. The standard InChI is InChI=1S/C13H19N3O2/c14-13(18)11-2-1-3-12(10-11)16-6-4-15(5-7-16)8-9-17/h1-3,10,17H,4-9H2,(H2,14,18). The summed E-state index contributed by atoms with van der Waals surface area (Å²) in [5.74, 6) is -0.393. The summed E-state index contributed by atoms with van der Waals surface area (Å²) in [5.41, 5.74) is 6.86. The van der Waals surface area contributed by atoms with Crippen LogP contribution in [0.2, 0.25) is 0 Å². The minimum atomic E-state index is -0.393. The van der Waals surface area contributed by atoms with E-state index in [9.17, 15) is 4.79 Å². The second-order valence-corrected chi connectivity index (χ2v) is 4.47. The van der Waals surface area contributed by atoms with E-state index in [4.69, 9.17) is 10.8 Å². The lowest BCUT2D eigenvalue weighted by Gasteiger charge is -2.35. The molecule has 1 saturated heterocycles. The second kappa shape index (κ2) is 5.84. The van der Waals surface area contributed by atoms with Gasteiger partial charge >= 0.3 is 0 Å². The van der Waals surface area contributed by atoms with Crippen LogP contribution in [0, 0.1) is 0 Å². The van der Waals surface area contributed by atoms with E-state index in [-0.39, 0.29) is 6.61 Å². The van der Waals surface area contributed by atoms with Gasteiger partial charge in [0.15, 0.2) is 0 Å². The van der Waals surface area contributed by atoms with Gasteiger partial charge in [0.25, 0.3) is 0 Å². The molecule has 1 aromatic rings. The average Bonchev–Trinajstić information content (AvgIpc) is 2.40. The first-order chi connectivity index (χ1) is 8.70. The van der Waals surface area contributed by atoms with Crippen LogP contribution in [0.15, 0.2) is 24.3 Å². The van der Waals surface area contributed by atoms with Crippen molar-refractivity contribution in [2.45, 2.75) is 0 Å². The van der Waals surface area contributed by atoms with Crippen LogP contribution in [-0.4, -0.2) is 55.2 Å². The van der Waals surface area contributed by atoms with E-state index in [1.54, 1.807) is 6.07 Å². The van der Waals surface area contributed by atoms with Crippen molar-refractivity contribution in [2.75, 3.05) is 44.2 Å². The Morgan fingerprint density at radius 3 is 2.61 bits per heavy atom. The lowest BCUT2D eigenvalue weighted by atomic mass is 10.1. The molecule has 3 N–H and O–H groups in total. The lowest BCUT2D eigenvalue weighted by Crippen LogP contribution is -2.47. The summed E-state index contributed by atoms with van der Waals surface area (Å²) in [6.07, 6.45) is 0. The average molecular weight is 249 g/mol. The SMILES string of the molecule is NC(=O)c1cccc(N2CCN(CCO)CC2)c1. The highest BCUT2D eigenvalue weighted by Crippen LogP contribution is 2.17. The van der Waals surface area contributed by atoms with Crippen LogP contribution in [0.4, 0.5) is 5.69 Å². The Hall–Kier alpha value is -1.59. The van der Waals surface area contributed by atoms with Gasteiger partial charge in [-0.1, -0.05) is 6.07 Å². The first kappa shape index (κ1) is 12.9. The molecule has 0 aliphatic carbocycles. The Labute approximate surface area is 107 Å². The Balaban J connectivity index is 2.01. The van der Waals surface area contributed by atoms with E-state index in [2.05, 4.69) is 9.80 Å². The fraction of sp³-hybridized carbons (Fsp3) is 0.462. The van der Waals surface area contributed by atoms with E-state index < -0.39 is 5.91 Å². The van der Waals surface area contributed by atoms with Gasteiger partial charge in [0.1, 0.15) is 0 Å². The summed E-state index contributed by atoms with van der Waals surface area (Å²) in [7, 11) is 0. The summed E-state index contributed by atoms with van der Waals surface area (Å²) in [5, 5.41) is 8.89. The second-order valence-electron chi connectivity index (χ2n) is 4.47. The van der Waals surface area contributed by atoms with Crippen LogP contribution in [0.25, 0.3) is 0 Å². The fourth-order valence-electron chi connectivity index (χ4n) is 2.23. The Morgan fingerprint density at radius 1 is 1.28 bits per heavy atom. The molecule has 1 heterocycles. The molecule has 18 heavy (non-hydrogen) atoms. The number of hydrogen-bond acceptors (Lipinski definition) is 4. The molecule has 0 saturated carbocycles. The van der Waals surface area contributed by atoms with Gasteiger partial charge in [0.2, 0.25) is 5.91 Å². The Bertz CT molecular complexity index is 414. The number of amides is 1.